The average Bonchev–Trinajstić information content (AvgIpc) is 2.77. The lowest BCUT2D eigenvalue weighted by Gasteiger charge is -1.99. The fraction of sp³-hybridized carbons (Fsp3) is 0.214. The number of carbonyl (C=O) groups is 1. The molecule has 0 atom stereocenters. The summed E-state index contributed by atoms with van der Waals surface area (Å²) in [6.07, 6.45) is 4.77. The van der Waals surface area contributed by atoms with Gasteiger partial charge in [0.15, 0.2) is 0 Å². The molecule has 1 aromatic carbocycles. The van der Waals surface area contributed by atoms with Gasteiger partial charge in [0.1, 0.15) is 5.82 Å². The minimum Gasteiger partial charge on any atom is -0.351 e. The van der Waals surface area contributed by atoms with Crippen LogP contribution >= 0.6 is 11.3 Å². The van der Waals surface area contributed by atoms with Crippen LogP contribution in [0.4, 0.5) is 4.39 Å². The van der Waals surface area contributed by atoms with Gasteiger partial charge in [-0.25, -0.2) is 4.39 Å². The molecule has 0 aliphatic rings. The van der Waals surface area contributed by atoms with Crippen molar-refractivity contribution in [3.63, 3.8) is 0 Å². The lowest BCUT2D eigenvalue weighted by atomic mass is 10.2. The first-order chi connectivity index (χ1) is 8.70. The molecule has 0 bridgehead atoms. The van der Waals surface area contributed by atoms with Crippen molar-refractivity contribution in [2.24, 2.45) is 0 Å². The van der Waals surface area contributed by atoms with Gasteiger partial charge in [0.2, 0.25) is 0 Å². The van der Waals surface area contributed by atoms with E-state index in [0.717, 1.165) is 16.5 Å². The number of nitrogens with one attached hydrogen (secondary N) is 1. The monoisotopic (exact) mass is 263 g/mol. The van der Waals surface area contributed by atoms with Gasteiger partial charge in [-0.15, -0.1) is 11.3 Å². The SMILES string of the molecule is C/C=C/CCNC(=O)c1cc2cc(F)ccc2s1. The molecule has 2 rings (SSSR count). The molecule has 0 aliphatic carbocycles. The maximum Gasteiger partial charge on any atom is 0.261 e. The summed E-state index contributed by atoms with van der Waals surface area (Å²) in [5.74, 6) is -0.374. The summed E-state index contributed by atoms with van der Waals surface area (Å²) in [6.45, 7) is 2.56. The van der Waals surface area contributed by atoms with Gasteiger partial charge in [-0.2, -0.15) is 0 Å². The Kier molecular flexibility index (Phi) is 4.10. The van der Waals surface area contributed by atoms with Crippen LogP contribution in [-0.4, -0.2) is 12.5 Å². The zero-order chi connectivity index (χ0) is 13.0. The molecule has 0 radical (unpaired) electrons. The van der Waals surface area contributed by atoms with Gasteiger partial charge in [0, 0.05) is 11.2 Å². The fourth-order valence-electron chi connectivity index (χ4n) is 1.65. The number of halogens is 1. The molecule has 0 fully saturated rings. The molecular formula is C14H14FNOS. The third kappa shape index (κ3) is 2.96. The van der Waals surface area contributed by atoms with Crippen LogP contribution in [0.2, 0.25) is 0 Å². The maximum absolute atomic E-state index is 13.0. The molecule has 0 unspecified atom stereocenters. The summed E-state index contributed by atoms with van der Waals surface area (Å²) in [5, 5.41) is 3.61. The quantitative estimate of drug-likeness (QED) is 0.661. The summed E-state index contributed by atoms with van der Waals surface area (Å²) >= 11 is 1.38. The van der Waals surface area contributed by atoms with E-state index in [2.05, 4.69) is 5.32 Å². The summed E-state index contributed by atoms with van der Waals surface area (Å²) in [6, 6.07) is 6.29. The molecule has 1 N–H and O–H groups in total. The number of hydrogen-bond donors (Lipinski definition) is 1. The number of benzene rings is 1. The van der Waals surface area contributed by atoms with E-state index >= 15 is 0 Å². The van der Waals surface area contributed by atoms with Crippen LogP contribution in [-0.2, 0) is 0 Å². The van der Waals surface area contributed by atoms with E-state index in [4.69, 9.17) is 0 Å². The highest BCUT2D eigenvalue weighted by Crippen LogP contribution is 2.26. The number of allylic oxidation sites excluding steroid dienone is 1. The van der Waals surface area contributed by atoms with Gasteiger partial charge < -0.3 is 5.32 Å². The first kappa shape index (κ1) is 12.8. The second-order valence-corrected chi connectivity index (χ2v) is 4.99. The first-order valence-corrected chi connectivity index (χ1v) is 6.61. The summed E-state index contributed by atoms with van der Waals surface area (Å²) in [7, 11) is 0. The minimum atomic E-state index is -0.277. The number of fused-ring (bicyclic) bond motifs is 1. The molecule has 18 heavy (non-hydrogen) atoms. The third-order valence-corrected chi connectivity index (χ3v) is 3.65. The van der Waals surface area contributed by atoms with Gasteiger partial charge >= 0.3 is 0 Å². The molecule has 0 aliphatic heterocycles. The number of rotatable bonds is 4. The topological polar surface area (TPSA) is 29.1 Å². The van der Waals surface area contributed by atoms with Crippen LogP contribution in [0.15, 0.2) is 36.4 Å². The normalized spacial score (nSPS) is 11.2. The minimum absolute atomic E-state index is 0.0962. The highest BCUT2D eigenvalue weighted by Gasteiger charge is 2.09. The third-order valence-electron chi connectivity index (χ3n) is 2.53. The van der Waals surface area contributed by atoms with Crippen LogP contribution in [0.5, 0.6) is 0 Å². The second-order valence-electron chi connectivity index (χ2n) is 3.91. The Hall–Kier alpha value is -1.68. The Bertz CT molecular complexity index is 588. The molecule has 0 saturated carbocycles. The number of amides is 1. The molecule has 4 heteroatoms. The highest BCUT2D eigenvalue weighted by molar-refractivity contribution is 7.20. The largest absolute Gasteiger partial charge is 0.351 e. The smallest absolute Gasteiger partial charge is 0.261 e. The van der Waals surface area contributed by atoms with Gasteiger partial charge in [-0.1, -0.05) is 12.2 Å². The van der Waals surface area contributed by atoms with Crippen molar-refractivity contribution in [2.45, 2.75) is 13.3 Å². The fourth-order valence-corrected chi connectivity index (χ4v) is 2.61. The maximum atomic E-state index is 13.0. The zero-order valence-electron chi connectivity index (χ0n) is 10.1. The first-order valence-electron chi connectivity index (χ1n) is 5.79. The Balaban J connectivity index is 2.08. The van der Waals surface area contributed by atoms with Crippen molar-refractivity contribution in [2.75, 3.05) is 6.54 Å². The molecule has 1 aromatic heterocycles. The van der Waals surface area contributed by atoms with Crippen molar-refractivity contribution in [3.8, 4) is 0 Å². The summed E-state index contributed by atoms with van der Waals surface area (Å²) in [4.78, 5) is 12.5. The molecular weight excluding hydrogens is 249 g/mol. The van der Waals surface area contributed by atoms with E-state index in [1.807, 2.05) is 19.1 Å². The lowest BCUT2D eigenvalue weighted by molar-refractivity contribution is 0.0958. The van der Waals surface area contributed by atoms with Gasteiger partial charge in [0.05, 0.1) is 4.88 Å². The Morgan fingerprint density at radius 3 is 3.06 bits per heavy atom. The number of carbonyl (C=O) groups excluding carboxylic acids is 1. The van der Waals surface area contributed by atoms with E-state index < -0.39 is 0 Å². The van der Waals surface area contributed by atoms with E-state index in [1.54, 1.807) is 12.1 Å². The van der Waals surface area contributed by atoms with Crippen molar-refractivity contribution in [1.29, 1.82) is 0 Å². The van der Waals surface area contributed by atoms with Crippen molar-refractivity contribution in [1.82, 2.24) is 5.32 Å². The molecule has 0 spiro atoms. The molecule has 0 saturated heterocycles. The molecule has 2 aromatic rings. The van der Waals surface area contributed by atoms with Crippen LogP contribution in [0, 0.1) is 5.82 Å². The Morgan fingerprint density at radius 2 is 2.28 bits per heavy atom. The van der Waals surface area contributed by atoms with Gasteiger partial charge in [-0.05, 0) is 43.0 Å². The van der Waals surface area contributed by atoms with Crippen LogP contribution in [0.25, 0.3) is 10.1 Å². The highest BCUT2D eigenvalue weighted by atomic mass is 32.1. The molecule has 94 valence electrons. The average molecular weight is 263 g/mol. The van der Waals surface area contributed by atoms with E-state index in [-0.39, 0.29) is 11.7 Å². The van der Waals surface area contributed by atoms with Crippen molar-refractivity contribution >= 4 is 27.3 Å². The van der Waals surface area contributed by atoms with Crippen molar-refractivity contribution < 1.29 is 9.18 Å². The zero-order valence-corrected chi connectivity index (χ0v) is 10.9. The second kappa shape index (κ2) is 5.78. The van der Waals surface area contributed by atoms with Gasteiger partial charge in [0.25, 0.3) is 5.91 Å². The lowest BCUT2D eigenvalue weighted by Crippen LogP contribution is -2.23. The van der Waals surface area contributed by atoms with Crippen molar-refractivity contribution in [3.05, 3.63) is 47.1 Å². The van der Waals surface area contributed by atoms with Crippen LogP contribution in [0.3, 0.4) is 0 Å². The van der Waals surface area contributed by atoms with E-state index in [0.29, 0.717) is 11.4 Å². The van der Waals surface area contributed by atoms with Crippen LogP contribution in [0.1, 0.15) is 23.0 Å². The van der Waals surface area contributed by atoms with Crippen LogP contribution < -0.4 is 5.32 Å². The Labute approximate surface area is 109 Å². The number of hydrogen-bond acceptors (Lipinski definition) is 2. The summed E-state index contributed by atoms with van der Waals surface area (Å²) < 4.78 is 14.0. The van der Waals surface area contributed by atoms with E-state index in [9.17, 15) is 9.18 Å². The molecule has 2 nitrogen and oxygen atoms in total. The standard InChI is InChI=1S/C14H14FNOS/c1-2-3-4-7-16-14(17)13-9-10-8-11(15)5-6-12(10)18-13/h2-3,5-6,8-9H,4,7H2,1H3,(H,16,17)/b3-2+. The molecule has 1 amide bonds. The van der Waals surface area contributed by atoms with Gasteiger partial charge in [-0.3, -0.25) is 4.79 Å². The van der Waals surface area contributed by atoms with E-state index in [1.165, 1.54) is 23.5 Å². The predicted molar refractivity (Wildman–Crippen MR) is 73.5 cm³/mol. The Morgan fingerprint density at radius 1 is 1.44 bits per heavy atom. The summed E-state index contributed by atoms with van der Waals surface area (Å²) in [5.41, 5.74) is 0. The predicted octanol–water partition coefficient (Wildman–Crippen LogP) is 3.74. The molecule has 1 heterocycles. The number of thiophene rings is 1.